The van der Waals surface area contributed by atoms with Crippen LogP contribution in [0.15, 0.2) is 10.7 Å². The molecule has 96 valence electrons. The number of hydrogen-bond acceptors (Lipinski definition) is 6. The molecule has 2 aromatic heterocycles. The second kappa shape index (κ2) is 4.85. The van der Waals surface area contributed by atoms with E-state index in [-0.39, 0.29) is 0 Å². The number of aromatic amines is 1. The Morgan fingerprint density at radius 3 is 3.11 bits per heavy atom. The SMILES string of the molecule is CCNC(Cc1nc(-c2cn[nH]n2)no1)C1CC1. The molecule has 1 atom stereocenters. The van der Waals surface area contributed by atoms with E-state index in [1.807, 2.05) is 0 Å². The highest BCUT2D eigenvalue weighted by atomic mass is 16.5. The summed E-state index contributed by atoms with van der Waals surface area (Å²) >= 11 is 0. The van der Waals surface area contributed by atoms with Crippen molar-refractivity contribution in [1.29, 1.82) is 0 Å². The van der Waals surface area contributed by atoms with E-state index in [0.29, 0.717) is 23.5 Å². The van der Waals surface area contributed by atoms with Crippen molar-refractivity contribution in [2.75, 3.05) is 6.54 Å². The minimum Gasteiger partial charge on any atom is -0.339 e. The summed E-state index contributed by atoms with van der Waals surface area (Å²) in [6.45, 7) is 3.08. The zero-order valence-electron chi connectivity index (χ0n) is 10.3. The minimum absolute atomic E-state index is 0.445. The van der Waals surface area contributed by atoms with E-state index in [1.54, 1.807) is 6.20 Å². The lowest BCUT2D eigenvalue weighted by Crippen LogP contribution is -2.33. The molecule has 0 saturated heterocycles. The molecule has 0 radical (unpaired) electrons. The van der Waals surface area contributed by atoms with E-state index >= 15 is 0 Å². The zero-order valence-corrected chi connectivity index (χ0v) is 10.3. The predicted octanol–water partition coefficient (Wildman–Crippen LogP) is 0.785. The molecule has 7 heteroatoms. The number of aromatic nitrogens is 5. The summed E-state index contributed by atoms with van der Waals surface area (Å²) < 4.78 is 5.26. The number of likely N-dealkylation sites (N-methyl/N-ethyl adjacent to an activating group) is 1. The van der Waals surface area contributed by atoms with Gasteiger partial charge in [-0.05, 0) is 25.3 Å². The first kappa shape index (κ1) is 11.3. The maximum absolute atomic E-state index is 5.26. The third kappa shape index (κ3) is 2.40. The highest BCUT2D eigenvalue weighted by molar-refractivity contribution is 5.44. The molecule has 7 nitrogen and oxygen atoms in total. The van der Waals surface area contributed by atoms with Crippen molar-refractivity contribution < 1.29 is 4.52 Å². The van der Waals surface area contributed by atoms with Crippen molar-refractivity contribution >= 4 is 0 Å². The quantitative estimate of drug-likeness (QED) is 0.785. The smallest absolute Gasteiger partial charge is 0.228 e. The van der Waals surface area contributed by atoms with E-state index in [9.17, 15) is 0 Å². The largest absolute Gasteiger partial charge is 0.339 e. The summed E-state index contributed by atoms with van der Waals surface area (Å²) in [5, 5.41) is 17.6. The molecule has 1 unspecified atom stereocenters. The van der Waals surface area contributed by atoms with Gasteiger partial charge >= 0.3 is 0 Å². The molecular formula is C11H16N6O. The van der Waals surface area contributed by atoms with Crippen LogP contribution in [0, 0.1) is 5.92 Å². The van der Waals surface area contributed by atoms with E-state index in [0.717, 1.165) is 18.9 Å². The van der Waals surface area contributed by atoms with E-state index in [1.165, 1.54) is 12.8 Å². The Kier molecular flexibility index (Phi) is 3.06. The van der Waals surface area contributed by atoms with Crippen molar-refractivity contribution in [3.63, 3.8) is 0 Å². The molecule has 2 N–H and O–H groups in total. The number of hydrogen-bond donors (Lipinski definition) is 2. The zero-order chi connectivity index (χ0) is 12.4. The Balaban J connectivity index is 1.69. The second-order valence-corrected chi connectivity index (χ2v) is 4.57. The van der Waals surface area contributed by atoms with Crippen LogP contribution in [0.25, 0.3) is 11.5 Å². The molecular weight excluding hydrogens is 232 g/mol. The van der Waals surface area contributed by atoms with Crippen LogP contribution in [-0.2, 0) is 6.42 Å². The van der Waals surface area contributed by atoms with Gasteiger partial charge in [0.1, 0.15) is 0 Å². The monoisotopic (exact) mass is 248 g/mol. The maximum Gasteiger partial charge on any atom is 0.228 e. The summed E-state index contributed by atoms with van der Waals surface area (Å²) in [6.07, 6.45) is 4.95. The van der Waals surface area contributed by atoms with Crippen LogP contribution in [0.3, 0.4) is 0 Å². The summed E-state index contributed by atoms with van der Waals surface area (Å²) in [6, 6.07) is 0.445. The molecule has 1 aliphatic carbocycles. The Labute approximate surface area is 104 Å². The van der Waals surface area contributed by atoms with Gasteiger partial charge in [0, 0.05) is 12.5 Å². The molecule has 2 aromatic rings. The van der Waals surface area contributed by atoms with E-state index in [4.69, 9.17) is 4.52 Å². The molecule has 1 fully saturated rings. The molecule has 0 bridgehead atoms. The molecule has 2 heterocycles. The molecule has 0 spiro atoms. The number of rotatable bonds is 6. The van der Waals surface area contributed by atoms with Gasteiger partial charge in [-0.2, -0.15) is 20.4 Å². The molecule has 0 amide bonds. The van der Waals surface area contributed by atoms with Crippen LogP contribution < -0.4 is 5.32 Å². The van der Waals surface area contributed by atoms with Crippen molar-refractivity contribution in [1.82, 2.24) is 30.9 Å². The van der Waals surface area contributed by atoms with Crippen molar-refractivity contribution in [2.24, 2.45) is 5.92 Å². The van der Waals surface area contributed by atoms with Gasteiger partial charge in [0.25, 0.3) is 0 Å². The Bertz CT molecular complexity index is 489. The van der Waals surface area contributed by atoms with Gasteiger partial charge in [0.05, 0.1) is 6.20 Å². The van der Waals surface area contributed by atoms with E-state index < -0.39 is 0 Å². The normalized spacial score (nSPS) is 16.9. The standard InChI is InChI=1S/C11H16N6O/c1-2-12-8(7-3-4-7)5-10-14-11(16-18-10)9-6-13-17-15-9/h6-8,12H,2-5H2,1H3,(H,13,15,17). The van der Waals surface area contributed by atoms with Crippen molar-refractivity contribution in [3.8, 4) is 11.5 Å². The lowest BCUT2D eigenvalue weighted by molar-refractivity contribution is 0.348. The first-order valence-corrected chi connectivity index (χ1v) is 6.29. The summed E-state index contributed by atoms with van der Waals surface area (Å²) in [4.78, 5) is 4.34. The van der Waals surface area contributed by atoms with Gasteiger partial charge < -0.3 is 9.84 Å². The Hall–Kier alpha value is -1.76. The van der Waals surface area contributed by atoms with Crippen LogP contribution in [-0.4, -0.2) is 38.1 Å². The summed E-state index contributed by atoms with van der Waals surface area (Å²) in [5.41, 5.74) is 0.608. The second-order valence-electron chi connectivity index (χ2n) is 4.57. The average Bonchev–Trinajstić information content (AvgIpc) is 2.90. The van der Waals surface area contributed by atoms with Gasteiger partial charge in [-0.1, -0.05) is 12.1 Å². The number of nitrogens with one attached hydrogen (secondary N) is 2. The highest BCUT2D eigenvalue weighted by Crippen LogP contribution is 2.34. The molecule has 0 aromatic carbocycles. The maximum atomic E-state index is 5.26. The van der Waals surface area contributed by atoms with Gasteiger partial charge in [-0.25, -0.2) is 0 Å². The van der Waals surface area contributed by atoms with Crippen LogP contribution in [0.5, 0.6) is 0 Å². The van der Waals surface area contributed by atoms with Gasteiger partial charge in [-0.3, -0.25) is 0 Å². The molecule has 0 aliphatic heterocycles. The number of H-pyrrole nitrogens is 1. The lowest BCUT2D eigenvalue weighted by atomic mass is 10.1. The Morgan fingerprint density at radius 2 is 2.44 bits per heavy atom. The summed E-state index contributed by atoms with van der Waals surface area (Å²) in [5.74, 6) is 1.91. The topological polar surface area (TPSA) is 92.5 Å². The van der Waals surface area contributed by atoms with Crippen LogP contribution in [0.4, 0.5) is 0 Å². The van der Waals surface area contributed by atoms with Crippen LogP contribution >= 0.6 is 0 Å². The van der Waals surface area contributed by atoms with Crippen LogP contribution in [0.1, 0.15) is 25.7 Å². The fraction of sp³-hybridized carbons (Fsp3) is 0.636. The highest BCUT2D eigenvalue weighted by Gasteiger charge is 2.32. The molecule has 1 aliphatic rings. The fourth-order valence-electron chi connectivity index (χ4n) is 2.11. The molecule has 18 heavy (non-hydrogen) atoms. The van der Waals surface area contributed by atoms with E-state index in [2.05, 4.69) is 37.8 Å². The molecule has 1 saturated carbocycles. The van der Waals surface area contributed by atoms with Crippen LogP contribution in [0.2, 0.25) is 0 Å². The third-order valence-corrected chi connectivity index (χ3v) is 3.16. The summed E-state index contributed by atoms with van der Waals surface area (Å²) in [7, 11) is 0. The lowest BCUT2D eigenvalue weighted by Gasteiger charge is -2.14. The van der Waals surface area contributed by atoms with Crippen molar-refractivity contribution in [2.45, 2.75) is 32.2 Å². The van der Waals surface area contributed by atoms with Crippen molar-refractivity contribution in [3.05, 3.63) is 12.1 Å². The Morgan fingerprint density at radius 1 is 1.56 bits per heavy atom. The fourth-order valence-corrected chi connectivity index (χ4v) is 2.11. The predicted molar refractivity (Wildman–Crippen MR) is 63.6 cm³/mol. The van der Waals surface area contributed by atoms with Gasteiger partial charge in [0.15, 0.2) is 5.69 Å². The third-order valence-electron chi connectivity index (χ3n) is 3.16. The first-order chi connectivity index (χ1) is 8.86. The van der Waals surface area contributed by atoms with Gasteiger partial charge in [0.2, 0.25) is 11.7 Å². The molecule has 3 rings (SSSR count). The first-order valence-electron chi connectivity index (χ1n) is 6.29. The minimum atomic E-state index is 0.445. The van der Waals surface area contributed by atoms with Gasteiger partial charge in [-0.15, -0.1) is 0 Å². The average molecular weight is 248 g/mol. The number of nitrogens with zero attached hydrogens (tertiary/aromatic N) is 4.